The van der Waals surface area contributed by atoms with Gasteiger partial charge in [0.1, 0.15) is 6.04 Å². The summed E-state index contributed by atoms with van der Waals surface area (Å²) in [7, 11) is 0. The third-order valence-corrected chi connectivity index (χ3v) is 3.97. The first-order valence-electron chi connectivity index (χ1n) is 7.53. The number of amides is 2. The third-order valence-electron chi connectivity index (χ3n) is 3.97. The molecule has 0 aromatic carbocycles. The molecule has 1 unspecified atom stereocenters. The van der Waals surface area contributed by atoms with Crippen LogP contribution < -0.4 is 5.32 Å². The second-order valence-corrected chi connectivity index (χ2v) is 5.42. The summed E-state index contributed by atoms with van der Waals surface area (Å²) >= 11 is 0. The van der Waals surface area contributed by atoms with Crippen LogP contribution >= 0.6 is 12.4 Å². The molecule has 0 saturated carbocycles. The second kappa shape index (κ2) is 8.47. The standard InChI is InChI=1S/C14H25N3O2.ClH/c1-2-5-13(18)17-10-3-6-12(17)14(19)16-9-4-7-15-8-11-16;/h12,15H,2-11H2,1H3;1H. The van der Waals surface area contributed by atoms with E-state index in [1.807, 2.05) is 16.7 Å². The molecule has 0 aromatic rings. The zero-order chi connectivity index (χ0) is 13.7. The number of likely N-dealkylation sites (tertiary alicyclic amines) is 1. The normalized spacial score (nSPS) is 23.1. The maximum absolute atomic E-state index is 12.6. The fraction of sp³-hybridized carbons (Fsp3) is 0.857. The van der Waals surface area contributed by atoms with Crippen LogP contribution in [0.2, 0.25) is 0 Å². The fourth-order valence-corrected chi connectivity index (χ4v) is 2.96. The molecule has 2 heterocycles. The SMILES string of the molecule is CCCC(=O)N1CCCC1C(=O)N1CCCNCC1.Cl. The Morgan fingerprint density at radius 2 is 1.95 bits per heavy atom. The van der Waals surface area contributed by atoms with E-state index in [0.717, 1.165) is 58.4 Å². The molecular weight excluding hydrogens is 278 g/mol. The summed E-state index contributed by atoms with van der Waals surface area (Å²) in [6.45, 7) is 6.18. The molecule has 2 fully saturated rings. The highest BCUT2D eigenvalue weighted by Gasteiger charge is 2.35. The lowest BCUT2D eigenvalue weighted by atomic mass is 10.1. The van der Waals surface area contributed by atoms with Gasteiger partial charge in [0.15, 0.2) is 0 Å². The van der Waals surface area contributed by atoms with Crippen LogP contribution in [0.1, 0.15) is 39.0 Å². The van der Waals surface area contributed by atoms with Crippen LogP contribution in [0.4, 0.5) is 0 Å². The van der Waals surface area contributed by atoms with E-state index in [2.05, 4.69) is 5.32 Å². The molecule has 0 bridgehead atoms. The second-order valence-electron chi connectivity index (χ2n) is 5.42. The number of halogens is 1. The summed E-state index contributed by atoms with van der Waals surface area (Å²) in [5.74, 6) is 0.303. The van der Waals surface area contributed by atoms with E-state index >= 15 is 0 Å². The highest BCUT2D eigenvalue weighted by molar-refractivity contribution is 5.88. The molecule has 20 heavy (non-hydrogen) atoms. The van der Waals surface area contributed by atoms with Crippen LogP contribution in [0, 0.1) is 0 Å². The molecule has 6 heteroatoms. The zero-order valence-corrected chi connectivity index (χ0v) is 13.1. The van der Waals surface area contributed by atoms with Gasteiger partial charge in [-0.2, -0.15) is 0 Å². The first-order chi connectivity index (χ1) is 9.24. The Balaban J connectivity index is 0.00000200. The van der Waals surface area contributed by atoms with E-state index in [0.29, 0.717) is 6.42 Å². The quantitative estimate of drug-likeness (QED) is 0.847. The van der Waals surface area contributed by atoms with E-state index < -0.39 is 0 Å². The number of carbonyl (C=O) groups is 2. The number of nitrogens with zero attached hydrogens (tertiary/aromatic N) is 2. The largest absolute Gasteiger partial charge is 0.340 e. The topological polar surface area (TPSA) is 52.7 Å². The highest BCUT2D eigenvalue weighted by Crippen LogP contribution is 2.21. The number of hydrogen-bond acceptors (Lipinski definition) is 3. The van der Waals surface area contributed by atoms with Crippen LogP contribution in [0.3, 0.4) is 0 Å². The van der Waals surface area contributed by atoms with Gasteiger partial charge in [0.25, 0.3) is 0 Å². The summed E-state index contributed by atoms with van der Waals surface area (Å²) in [4.78, 5) is 28.4. The van der Waals surface area contributed by atoms with Crippen LogP contribution in [-0.4, -0.2) is 60.4 Å². The minimum Gasteiger partial charge on any atom is -0.340 e. The predicted molar refractivity (Wildman–Crippen MR) is 81.0 cm³/mol. The van der Waals surface area contributed by atoms with Crippen molar-refractivity contribution in [2.45, 2.75) is 45.1 Å². The van der Waals surface area contributed by atoms with Gasteiger partial charge < -0.3 is 15.1 Å². The van der Waals surface area contributed by atoms with Crippen molar-refractivity contribution in [1.82, 2.24) is 15.1 Å². The summed E-state index contributed by atoms with van der Waals surface area (Å²) in [5, 5.41) is 3.30. The molecule has 2 amide bonds. The zero-order valence-electron chi connectivity index (χ0n) is 12.3. The summed E-state index contributed by atoms with van der Waals surface area (Å²) in [6, 6.07) is -0.197. The van der Waals surface area contributed by atoms with Crippen molar-refractivity contribution in [2.24, 2.45) is 0 Å². The molecule has 2 rings (SSSR count). The van der Waals surface area contributed by atoms with Crippen molar-refractivity contribution in [3.63, 3.8) is 0 Å². The first-order valence-corrected chi connectivity index (χ1v) is 7.53. The highest BCUT2D eigenvalue weighted by atomic mass is 35.5. The molecule has 0 spiro atoms. The third kappa shape index (κ3) is 4.09. The lowest BCUT2D eigenvalue weighted by Crippen LogP contribution is -2.48. The van der Waals surface area contributed by atoms with Gasteiger partial charge in [0.2, 0.25) is 11.8 Å². The van der Waals surface area contributed by atoms with Crippen molar-refractivity contribution in [1.29, 1.82) is 0 Å². The smallest absolute Gasteiger partial charge is 0.245 e. The number of carbonyl (C=O) groups excluding carboxylic acids is 2. The molecule has 2 aliphatic rings. The Morgan fingerprint density at radius 1 is 1.15 bits per heavy atom. The van der Waals surface area contributed by atoms with Gasteiger partial charge in [0.05, 0.1) is 0 Å². The molecule has 0 aliphatic carbocycles. The van der Waals surface area contributed by atoms with E-state index in [1.54, 1.807) is 0 Å². The molecular formula is C14H26ClN3O2. The number of rotatable bonds is 3. The Labute approximate surface area is 127 Å². The minimum absolute atomic E-state index is 0. The van der Waals surface area contributed by atoms with E-state index in [-0.39, 0.29) is 30.3 Å². The lowest BCUT2D eigenvalue weighted by Gasteiger charge is -2.29. The summed E-state index contributed by atoms with van der Waals surface area (Å²) < 4.78 is 0. The van der Waals surface area contributed by atoms with Crippen LogP contribution in [0.5, 0.6) is 0 Å². The van der Waals surface area contributed by atoms with Gasteiger partial charge in [-0.3, -0.25) is 9.59 Å². The van der Waals surface area contributed by atoms with Crippen molar-refractivity contribution >= 4 is 24.2 Å². The molecule has 2 saturated heterocycles. The van der Waals surface area contributed by atoms with Crippen molar-refractivity contribution in [3.8, 4) is 0 Å². The Hall–Kier alpha value is -0.810. The van der Waals surface area contributed by atoms with E-state index in [1.165, 1.54) is 0 Å². The van der Waals surface area contributed by atoms with Gasteiger partial charge in [-0.1, -0.05) is 6.92 Å². The van der Waals surface area contributed by atoms with E-state index in [9.17, 15) is 9.59 Å². The maximum atomic E-state index is 12.6. The number of nitrogens with one attached hydrogen (secondary N) is 1. The Bertz CT molecular complexity index is 330. The molecule has 0 aromatic heterocycles. The molecule has 5 nitrogen and oxygen atoms in total. The minimum atomic E-state index is -0.197. The monoisotopic (exact) mass is 303 g/mol. The molecule has 2 aliphatic heterocycles. The molecule has 1 N–H and O–H groups in total. The average molecular weight is 304 g/mol. The maximum Gasteiger partial charge on any atom is 0.245 e. The Morgan fingerprint density at radius 3 is 2.70 bits per heavy atom. The Kier molecular flexibility index (Phi) is 7.30. The van der Waals surface area contributed by atoms with Crippen molar-refractivity contribution < 1.29 is 9.59 Å². The van der Waals surface area contributed by atoms with Gasteiger partial charge in [-0.15, -0.1) is 12.4 Å². The van der Waals surface area contributed by atoms with Crippen molar-refractivity contribution in [3.05, 3.63) is 0 Å². The van der Waals surface area contributed by atoms with Gasteiger partial charge in [-0.05, 0) is 32.2 Å². The molecule has 1 atom stereocenters. The van der Waals surface area contributed by atoms with Crippen LogP contribution in [0.25, 0.3) is 0 Å². The number of hydrogen-bond donors (Lipinski definition) is 1. The predicted octanol–water partition coefficient (Wildman–Crippen LogP) is 1.02. The first kappa shape index (κ1) is 17.2. The summed E-state index contributed by atoms with van der Waals surface area (Å²) in [5.41, 5.74) is 0. The average Bonchev–Trinajstić information content (AvgIpc) is 2.73. The van der Waals surface area contributed by atoms with Crippen LogP contribution in [0.15, 0.2) is 0 Å². The summed E-state index contributed by atoms with van der Waals surface area (Å²) in [6.07, 6.45) is 4.20. The molecule has 116 valence electrons. The van der Waals surface area contributed by atoms with Gasteiger partial charge in [0, 0.05) is 32.6 Å². The van der Waals surface area contributed by atoms with Gasteiger partial charge >= 0.3 is 0 Å². The lowest BCUT2D eigenvalue weighted by molar-refractivity contribution is -0.143. The van der Waals surface area contributed by atoms with Gasteiger partial charge in [-0.25, -0.2) is 0 Å². The van der Waals surface area contributed by atoms with Crippen molar-refractivity contribution in [2.75, 3.05) is 32.7 Å². The fourth-order valence-electron chi connectivity index (χ4n) is 2.96. The van der Waals surface area contributed by atoms with Crippen LogP contribution in [-0.2, 0) is 9.59 Å². The molecule has 0 radical (unpaired) electrons. The van der Waals surface area contributed by atoms with E-state index in [4.69, 9.17) is 0 Å².